The zero-order chi connectivity index (χ0) is 17.5. The molecule has 1 aliphatic heterocycles. The van der Waals surface area contributed by atoms with E-state index >= 15 is 0 Å². The number of aromatic nitrogens is 2. The van der Waals surface area contributed by atoms with Gasteiger partial charge in [-0.15, -0.1) is 0 Å². The van der Waals surface area contributed by atoms with Crippen molar-refractivity contribution in [3.63, 3.8) is 0 Å². The molecule has 136 valence electrons. The molecule has 1 aromatic heterocycles. The first-order valence-corrected chi connectivity index (χ1v) is 8.99. The first-order chi connectivity index (χ1) is 12.2. The van der Waals surface area contributed by atoms with E-state index in [1.807, 2.05) is 43.6 Å². The molecule has 0 radical (unpaired) electrons. The summed E-state index contributed by atoms with van der Waals surface area (Å²) in [6, 6.07) is 7.50. The molecule has 1 aliphatic rings. The van der Waals surface area contributed by atoms with Gasteiger partial charge in [0.1, 0.15) is 24.2 Å². The summed E-state index contributed by atoms with van der Waals surface area (Å²) in [5.74, 6) is 2.16. The minimum atomic E-state index is -0.489. The Kier molecular flexibility index (Phi) is 6.30. The number of nitrogens with zero attached hydrogens (tertiary/aromatic N) is 2. The van der Waals surface area contributed by atoms with E-state index in [2.05, 4.69) is 15.1 Å². The molecule has 1 fully saturated rings. The third-order valence-electron chi connectivity index (χ3n) is 4.62. The molecule has 1 unspecified atom stereocenters. The molecule has 1 atom stereocenters. The van der Waals surface area contributed by atoms with Gasteiger partial charge in [0.05, 0.1) is 12.8 Å². The van der Waals surface area contributed by atoms with Crippen LogP contribution >= 0.6 is 0 Å². The van der Waals surface area contributed by atoms with Crippen LogP contribution in [0.2, 0.25) is 0 Å². The lowest BCUT2D eigenvalue weighted by Gasteiger charge is -2.32. The maximum absolute atomic E-state index is 10.2. The molecule has 0 saturated carbocycles. The minimum Gasteiger partial charge on any atom is -0.494 e. The van der Waals surface area contributed by atoms with Crippen LogP contribution in [0.15, 0.2) is 36.7 Å². The predicted molar refractivity (Wildman–Crippen MR) is 96.1 cm³/mol. The highest BCUT2D eigenvalue weighted by molar-refractivity contribution is 5.31. The van der Waals surface area contributed by atoms with Crippen molar-refractivity contribution in [3.8, 4) is 11.5 Å². The summed E-state index contributed by atoms with van der Waals surface area (Å²) >= 11 is 0. The SMILES string of the molecule is CCOc1ccc(OCC(O)CN2CCC(c3cn[nH]c3)CC2)cc1. The van der Waals surface area contributed by atoms with E-state index < -0.39 is 6.10 Å². The first kappa shape index (κ1) is 17.8. The van der Waals surface area contributed by atoms with Crippen LogP contribution in [0, 0.1) is 0 Å². The molecule has 2 aromatic rings. The summed E-state index contributed by atoms with van der Waals surface area (Å²) in [7, 11) is 0. The number of benzene rings is 1. The van der Waals surface area contributed by atoms with Gasteiger partial charge >= 0.3 is 0 Å². The lowest BCUT2D eigenvalue weighted by Crippen LogP contribution is -2.40. The Balaban J connectivity index is 1.37. The zero-order valence-electron chi connectivity index (χ0n) is 14.7. The van der Waals surface area contributed by atoms with Gasteiger partial charge in [-0.05, 0) is 68.6 Å². The minimum absolute atomic E-state index is 0.301. The topological polar surface area (TPSA) is 70.6 Å². The molecule has 3 rings (SSSR count). The monoisotopic (exact) mass is 345 g/mol. The lowest BCUT2D eigenvalue weighted by atomic mass is 9.91. The van der Waals surface area contributed by atoms with E-state index in [-0.39, 0.29) is 0 Å². The molecule has 0 aliphatic carbocycles. The quantitative estimate of drug-likeness (QED) is 0.769. The number of likely N-dealkylation sites (tertiary alicyclic amines) is 1. The van der Waals surface area contributed by atoms with Gasteiger partial charge in [-0.1, -0.05) is 0 Å². The standard InChI is InChI=1S/C19H27N3O3/c1-2-24-18-3-5-19(6-4-18)25-14-17(23)13-22-9-7-15(8-10-22)16-11-20-21-12-16/h3-6,11-12,15,17,23H,2,7-10,13-14H2,1H3,(H,20,21). The number of nitrogens with one attached hydrogen (secondary N) is 1. The third kappa shape index (κ3) is 5.21. The van der Waals surface area contributed by atoms with Gasteiger partial charge < -0.3 is 19.5 Å². The van der Waals surface area contributed by atoms with Gasteiger partial charge in [0.15, 0.2) is 0 Å². The van der Waals surface area contributed by atoms with Crippen molar-refractivity contribution in [2.45, 2.75) is 31.8 Å². The summed E-state index contributed by atoms with van der Waals surface area (Å²) in [6.07, 6.45) is 5.62. The van der Waals surface area contributed by atoms with E-state index in [1.165, 1.54) is 5.56 Å². The van der Waals surface area contributed by atoms with Crippen LogP contribution in [-0.2, 0) is 0 Å². The van der Waals surface area contributed by atoms with E-state index in [1.54, 1.807) is 0 Å². The van der Waals surface area contributed by atoms with Crippen molar-refractivity contribution >= 4 is 0 Å². The number of hydrogen-bond donors (Lipinski definition) is 2. The number of rotatable bonds is 8. The molecular formula is C19H27N3O3. The highest BCUT2D eigenvalue weighted by Gasteiger charge is 2.22. The lowest BCUT2D eigenvalue weighted by molar-refractivity contribution is 0.0594. The number of ether oxygens (including phenoxy) is 2. The molecule has 25 heavy (non-hydrogen) atoms. The smallest absolute Gasteiger partial charge is 0.119 e. The number of H-pyrrole nitrogens is 1. The van der Waals surface area contributed by atoms with Gasteiger partial charge in [0, 0.05) is 12.7 Å². The van der Waals surface area contributed by atoms with Crippen molar-refractivity contribution in [2.75, 3.05) is 32.8 Å². The van der Waals surface area contributed by atoms with Crippen LogP contribution in [-0.4, -0.2) is 59.2 Å². The Morgan fingerprint density at radius 2 is 1.88 bits per heavy atom. The summed E-state index contributed by atoms with van der Waals surface area (Å²) in [4.78, 5) is 2.31. The second-order valence-electron chi connectivity index (χ2n) is 6.48. The van der Waals surface area contributed by atoms with E-state index in [4.69, 9.17) is 9.47 Å². The number of piperidine rings is 1. The highest BCUT2D eigenvalue weighted by Crippen LogP contribution is 2.27. The van der Waals surface area contributed by atoms with Gasteiger partial charge in [0.2, 0.25) is 0 Å². The van der Waals surface area contributed by atoms with Crippen LogP contribution in [0.5, 0.6) is 11.5 Å². The highest BCUT2D eigenvalue weighted by atomic mass is 16.5. The van der Waals surface area contributed by atoms with Gasteiger partial charge in [-0.25, -0.2) is 0 Å². The Morgan fingerprint density at radius 3 is 2.48 bits per heavy atom. The second-order valence-corrected chi connectivity index (χ2v) is 6.48. The van der Waals surface area contributed by atoms with Crippen molar-refractivity contribution in [1.82, 2.24) is 15.1 Å². The number of hydrogen-bond acceptors (Lipinski definition) is 5. The van der Waals surface area contributed by atoms with Crippen LogP contribution in [0.4, 0.5) is 0 Å². The van der Waals surface area contributed by atoms with E-state index in [0.29, 0.717) is 25.7 Å². The fourth-order valence-electron chi connectivity index (χ4n) is 3.27. The molecule has 1 aromatic carbocycles. The second kappa shape index (κ2) is 8.87. The maximum atomic E-state index is 10.2. The van der Waals surface area contributed by atoms with Crippen molar-refractivity contribution in [1.29, 1.82) is 0 Å². The maximum Gasteiger partial charge on any atom is 0.119 e. The summed E-state index contributed by atoms with van der Waals surface area (Å²) in [5.41, 5.74) is 1.29. The molecule has 2 heterocycles. The number of aliphatic hydroxyl groups is 1. The Bertz CT molecular complexity index is 607. The normalized spacial score (nSPS) is 17.4. The molecule has 1 saturated heterocycles. The van der Waals surface area contributed by atoms with E-state index in [9.17, 15) is 5.11 Å². The van der Waals surface area contributed by atoms with Gasteiger partial charge in [-0.3, -0.25) is 5.10 Å². The van der Waals surface area contributed by atoms with Crippen LogP contribution in [0.1, 0.15) is 31.2 Å². The molecule has 0 bridgehead atoms. The third-order valence-corrected chi connectivity index (χ3v) is 4.62. The van der Waals surface area contributed by atoms with Gasteiger partial charge in [-0.2, -0.15) is 5.10 Å². The number of aliphatic hydroxyl groups excluding tert-OH is 1. The molecule has 6 heteroatoms. The van der Waals surface area contributed by atoms with Crippen molar-refractivity contribution < 1.29 is 14.6 Å². The van der Waals surface area contributed by atoms with E-state index in [0.717, 1.165) is 37.4 Å². The van der Waals surface area contributed by atoms with Crippen LogP contribution < -0.4 is 9.47 Å². The average molecular weight is 345 g/mol. The molecule has 0 spiro atoms. The van der Waals surface area contributed by atoms with Crippen molar-refractivity contribution in [2.24, 2.45) is 0 Å². The number of β-amino-alcohol motifs (C(OH)–C–C–N with tert-alkyl or cyclic N) is 1. The largest absolute Gasteiger partial charge is 0.494 e. The predicted octanol–water partition coefficient (Wildman–Crippen LogP) is 2.43. The fraction of sp³-hybridized carbons (Fsp3) is 0.526. The summed E-state index contributed by atoms with van der Waals surface area (Å²) in [5, 5.41) is 17.2. The zero-order valence-corrected chi connectivity index (χ0v) is 14.7. The molecule has 2 N–H and O–H groups in total. The average Bonchev–Trinajstić information content (AvgIpc) is 3.17. The van der Waals surface area contributed by atoms with Crippen LogP contribution in [0.25, 0.3) is 0 Å². The Labute approximate surface area is 148 Å². The number of aromatic amines is 1. The van der Waals surface area contributed by atoms with Crippen LogP contribution in [0.3, 0.4) is 0 Å². The van der Waals surface area contributed by atoms with Gasteiger partial charge in [0.25, 0.3) is 0 Å². The molecule has 6 nitrogen and oxygen atoms in total. The molecular weight excluding hydrogens is 318 g/mol. The Hall–Kier alpha value is -2.05. The van der Waals surface area contributed by atoms with Crippen molar-refractivity contribution in [3.05, 3.63) is 42.2 Å². The first-order valence-electron chi connectivity index (χ1n) is 8.99. The Morgan fingerprint density at radius 1 is 1.20 bits per heavy atom. The fourth-order valence-corrected chi connectivity index (χ4v) is 3.27. The summed E-state index contributed by atoms with van der Waals surface area (Å²) in [6.45, 7) is 5.55. The summed E-state index contributed by atoms with van der Waals surface area (Å²) < 4.78 is 11.1. The molecule has 0 amide bonds.